The molecule has 0 unspecified atom stereocenters. The van der Waals surface area contributed by atoms with Crippen molar-refractivity contribution >= 4 is 11.8 Å². The number of hydrogen-bond acceptors (Lipinski definition) is 2. The fourth-order valence-electron chi connectivity index (χ4n) is 1.71. The monoisotopic (exact) mass is 258 g/mol. The maximum absolute atomic E-state index is 5.15. The van der Waals surface area contributed by atoms with Crippen molar-refractivity contribution < 1.29 is 4.74 Å². The van der Waals surface area contributed by atoms with Crippen molar-refractivity contribution in [3.63, 3.8) is 0 Å². The third kappa shape index (κ3) is 3.54. The molecule has 0 N–H and O–H groups in total. The van der Waals surface area contributed by atoms with Crippen LogP contribution in [0.5, 0.6) is 5.75 Å². The van der Waals surface area contributed by atoms with Crippen molar-refractivity contribution in [2.45, 2.75) is 24.0 Å². The van der Waals surface area contributed by atoms with Crippen LogP contribution in [0.3, 0.4) is 0 Å². The van der Waals surface area contributed by atoms with Gasteiger partial charge in [0.1, 0.15) is 5.75 Å². The van der Waals surface area contributed by atoms with Gasteiger partial charge in [-0.2, -0.15) is 0 Å². The molecular weight excluding hydrogens is 240 g/mol. The molecule has 2 aromatic carbocycles. The quantitative estimate of drug-likeness (QED) is 0.728. The molecule has 0 spiro atoms. The number of thioether (sulfide) groups is 1. The lowest BCUT2D eigenvalue weighted by Gasteiger charge is -2.04. The predicted molar refractivity (Wildman–Crippen MR) is 78.4 cm³/mol. The van der Waals surface area contributed by atoms with E-state index in [1.807, 2.05) is 23.9 Å². The number of hydrogen-bond donors (Lipinski definition) is 0. The smallest absolute Gasteiger partial charge is 0.118 e. The zero-order valence-electron chi connectivity index (χ0n) is 10.8. The van der Waals surface area contributed by atoms with E-state index in [0.29, 0.717) is 0 Å². The summed E-state index contributed by atoms with van der Waals surface area (Å²) in [6.45, 7) is 2.18. The minimum Gasteiger partial charge on any atom is -0.497 e. The minimum atomic E-state index is 0.913. The Bertz CT molecular complexity index is 426. The summed E-state index contributed by atoms with van der Waals surface area (Å²) in [5.41, 5.74) is 2.71. The van der Waals surface area contributed by atoms with Crippen molar-refractivity contribution in [2.24, 2.45) is 0 Å². The Morgan fingerprint density at radius 3 is 2.06 bits per heavy atom. The van der Waals surface area contributed by atoms with Gasteiger partial charge in [-0.15, -0.1) is 11.8 Å². The van der Waals surface area contributed by atoms with E-state index in [2.05, 4.69) is 43.3 Å². The first kappa shape index (κ1) is 13.0. The van der Waals surface area contributed by atoms with Crippen molar-refractivity contribution in [1.29, 1.82) is 0 Å². The van der Waals surface area contributed by atoms with Crippen molar-refractivity contribution in [3.8, 4) is 5.75 Å². The largest absolute Gasteiger partial charge is 0.497 e. The fraction of sp³-hybridized carbons (Fsp3) is 0.250. The highest BCUT2D eigenvalue weighted by atomic mass is 32.2. The summed E-state index contributed by atoms with van der Waals surface area (Å²) in [7, 11) is 1.69. The van der Waals surface area contributed by atoms with Gasteiger partial charge < -0.3 is 4.74 Å². The van der Waals surface area contributed by atoms with Gasteiger partial charge in [0.15, 0.2) is 0 Å². The Morgan fingerprint density at radius 1 is 0.889 bits per heavy atom. The SMILES string of the molecule is CCc1ccc(SCc2ccc(OC)cc2)cc1. The molecule has 2 aromatic rings. The summed E-state index contributed by atoms with van der Waals surface area (Å²) in [4.78, 5) is 1.32. The molecule has 0 saturated carbocycles. The van der Waals surface area contributed by atoms with Gasteiger partial charge in [0.05, 0.1) is 7.11 Å². The zero-order chi connectivity index (χ0) is 12.8. The van der Waals surface area contributed by atoms with Crippen LogP contribution in [-0.2, 0) is 12.2 Å². The highest BCUT2D eigenvalue weighted by molar-refractivity contribution is 7.98. The van der Waals surface area contributed by atoms with E-state index in [1.165, 1.54) is 16.0 Å². The topological polar surface area (TPSA) is 9.23 Å². The van der Waals surface area contributed by atoms with Crippen LogP contribution in [0.15, 0.2) is 53.4 Å². The van der Waals surface area contributed by atoms with Gasteiger partial charge in [-0.25, -0.2) is 0 Å². The summed E-state index contributed by atoms with van der Waals surface area (Å²) in [5.74, 6) is 1.91. The summed E-state index contributed by atoms with van der Waals surface area (Å²) < 4.78 is 5.15. The molecule has 2 heteroatoms. The fourth-order valence-corrected chi connectivity index (χ4v) is 2.56. The first-order valence-corrected chi connectivity index (χ1v) is 7.15. The number of aryl methyl sites for hydroxylation is 1. The van der Waals surface area contributed by atoms with Gasteiger partial charge in [-0.3, -0.25) is 0 Å². The Kier molecular flexibility index (Phi) is 4.71. The molecule has 0 heterocycles. The Morgan fingerprint density at radius 2 is 1.50 bits per heavy atom. The van der Waals surface area contributed by atoms with Crippen LogP contribution in [0.1, 0.15) is 18.1 Å². The van der Waals surface area contributed by atoms with E-state index in [0.717, 1.165) is 17.9 Å². The van der Waals surface area contributed by atoms with Crippen molar-refractivity contribution in [3.05, 3.63) is 59.7 Å². The lowest BCUT2D eigenvalue weighted by molar-refractivity contribution is 0.414. The average molecular weight is 258 g/mol. The molecule has 18 heavy (non-hydrogen) atoms. The van der Waals surface area contributed by atoms with Crippen LogP contribution in [0.25, 0.3) is 0 Å². The highest BCUT2D eigenvalue weighted by Crippen LogP contribution is 2.24. The van der Waals surface area contributed by atoms with Gasteiger partial charge in [0, 0.05) is 10.6 Å². The molecule has 1 nitrogen and oxygen atoms in total. The van der Waals surface area contributed by atoms with E-state index in [-0.39, 0.29) is 0 Å². The number of methoxy groups -OCH3 is 1. The molecule has 0 aromatic heterocycles. The lowest BCUT2D eigenvalue weighted by Crippen LogP contribution is -1.84. The third-order valence-corrected chi connectivity index (χ3v) is 3.98. The van der Waals surface area contributed by atoms with Gasteiger partial charge in [0.25, 0.3) is 0 Å². The Hall–Kier alpha value is -1.41. The first-order valence-electron chi connectivity index (χ1n) is 6.16. The van der Waals surface area contributed by atoms with Crippen LogP contribution in [-0.4, -0.2) is 7.11 Å². The van der Waals surface area contributed by atoms with Crippen LogP contribution in [0.2, 0.25) is 0 Å². The molecule has 0 aliphatic heterocycles. The van der Waals surface area contributed by atoms with Gasteiger partial charge >= 0.3 is 0 Å². The molecule has 0 radical (unpaired) electrons. The standard InChI is InChI=1S/C16H18OS/c1-3-13-6-10-16(11-7-13)18-12-14-4-8-15(17-2)9-5-14/h4-11H,3,12H2,1-2H3. The highest BCUT2D eigenvalue weighted by Gasteiger charge is 1.98. The van der Waals surface area contributed by atoms with E-state index >= 15 is 0 Å². The second-order valence-electron chi connectivity index (χ2n) is 4.13. The third-order valence-electron chi connectivity index (χ3n) is 2.90. The second kappa shape index (κ2) is 6.50. The molecule has 0 aliphatic carbocycles. The lowest BCUT2D eigenvalue weighted by atomic mass is 10.2. The van der Waals surface area contributed by atoms with Crippen LogP contribution in [0, 0.1) is 0 Å². The Labute approximate surface area is 113 Å². The predicted octanol–water partition coefficient (Wildman–Crippen LogP) is 4.55. The van der Waals surface area contributed by atoms with Crippen molar-refractivity contribution in [1.82, 2.24) is 0 Å². The summed E-state index contributed by atoms with van der Waals surface area (Å²) in [6, 6.07) is 17.1. The summed E-state index contributed by atoms with van der Waals surface area (Å²) in [5, 5.41) is 0. The summed E-state index contributed by atoms with van der Waals surface area (Å²) >= 11 is 1.87. The first-order chi connectivity index (χ1) is 8.81. The van der Waals surface area contributed by atoms with E-state index in [1.54, 1.807) is 7.11 Å². The molecule has 94 valence electrons. The van der Waals surface area contributed by atoms with Gasteiger partial charge in [0.2, 0.25) is 0 Å². The molecule has 0 saturated heterocycles. The second-order valence-corrected chi connectivity index (χ2v) is 5.18. The number of benzene rings is 2. The molecule has 0 bridgehead atoms. The number of rotatable bonds is 5. The normalized spacial score (nSPS) is 10.3. The van der Waals surface area contributed by atoms with Crippen molar-refractivity contribution in [2.75, 3.05) is 7.11 Å². The molecule has 0 atom stereocenters. The molecule has 2 rings (SSSR count). The number of ether oxygens (including phenoxy) is 1. The van der Waals surface area contributed by atoms with E-state index in [9.17, 15) is 0 Å². The molecule has 0 aliphatic rings. The van der Waals surface area contributed by atoms with E-state index in [4.69, 9.17) is 4.74 Å². The van der Waals surface area contributed by atoms with Crippen LogP contribution >= 0.6 is 11.8 Å². The molecular formula is C16H18OS. The van der Waals surface area contributed by atoms with Crippen LogP contribution in [0.4, 0.5) is 0 Å². The maximum atomic E-state index is 5.15. The summed E-state index contributed by atoms with van der Waals surface area (Å²) in [6.07, 6.45) is 1.10. The maximum Gasteiger partial charge on any atom is 0.118 e. The molecule has 0 amide bonds. The zero-order valence-corrected chi connectivity index (χ0v) is 11.7. The molecule has 0 fully saturated rings. The van der Waals surface area contributed by atoms with Crippen LogP contribution < -0.4 is 4.74 Å². The van der Waals surface area contributed by atoms with Gasteiger partial charge in [-0.05, 0) is 41.8 Å². The minimum absolute atomic E-state index is 0.913. The van der Waals surface area contributed by atoms with E-state index < -0.39 is 0 Å². The average Bonchev–Trinajstić information content (AvgIpc) is 2.46. The van der Waals surface area contributed by atoms with Gasteiger partial charge in [-0.1, -0.05) is 31.2 Å². The Balaban J connectivity index is 1.93.